The molecule has 0 radical (unpaired) electrons. The molecule has 5 nitrogen and oxygen atoms in total. The Bertz CT molecular complexity index is 669. The molecule has 22 heavy (non-hydrogen) atoms. The van der Waals surface area contributed by atoms with Gasteiger partial charge in [-0.05, 0) is 24.1 Å². The van der Waals surface area contributed by atoms with E-state index in [0.29, 0.717) is 13.0 Å². The van der Waals surface area contributed by atoms with Gasteiger partial charge in [-0.15, -0.1) is 0 Å². The van der Waals surface area contributed by atoms with Gasteiger partial charge < -0.3 is 4.74 Å². The van der Waals surface area contributed by atoms with E-state index in [0.717, 1.165) is 24.3 Å². The molecule has 0 atom stereocenters. The Labute approximate surface area is 130 Å². The average molecular weight is 322 g/mol. The Kier molecular flexibility index (Phi) is 5.91. The predicted octanol–water partition coefficient (Wildman–Crippen LogP) is 1.87. The van der Waals surface area contributed by atoms with E-state index in [2.05, 4.69) is 0 Å². The third-order valence-electron chi connectivity index (χ3n) is 3.18. The first-order valence-corrected chi connectivity index (χ1v) is 8.75. The van der Waals surface area contributed by atoms with Crippen LogP contribution >= 0.6 is 0 Å². The highest BCUT2D eigenvalue weighted by molar-refractivity contribution is 7.85. The number of benzene rings is 1. The molecule has 1 aromatic carbocycles. The maximum Gasteiger partial charge on any atom is 0.265 e. The van der Waals surface area contributed by atoms with Crippen LogP contribution in [-0.4, -0.2) is 25.3 Å². The molecular weight excluding hydrogens is 302 g/mol. The molecule has 1 heterocycles. The molecule has 0 spiro atoms. The number of ether oxygens (including phenoxy) is 1. The van der Waals surface area contributed by atoms with Gasteiger partial charge in [-0.3, -0.25) is 4.55 Å². The van der Waals surface area contributed by atoms with E-state index < -0.39 is 10.1 Å². The molecule has 1 N–H and O–H groups in total. The third-order valence-corrected chi connectivity index (χ3v) is 3.90. The number of hydrogen-bond acceptors (Lipinski definition) is 3. The van der Waals surface area contributed by atoms with Gasteiger partial charge in [-0.25, -0.2) is 4.57 Å². The number of hydrogen-bond donors (Lipinski definition) is 1. The van der Waals surface area contributed by atoms with Crippen molar-refractivity contribution in [2.75, 3.05) is 12.4 Å². The Morgan fingerprint density at radius 1 is 1.05 bits per heavy atom. The minimum Gasteiger partial charge on any atom is -0.493 e. The number of pyridine rings is 1. The summed E-state index contributed by atoms with van der Waals surface area (Å²) in [5.41, 5.74) is 0.884. The van der Waals surface area contributed by atoms with E-state index in [4.69, 9.17) is 9.29 Å². The second-order valence-electron chi connectivity index (χ2n) is 5.00. The van der Waals surface area contributed by atoms with E-state index in [9.17, 15) is 8.42 Å². The molecule has 0 saturated carbocycles. The van der Waals surface area contributed by atoms with E-state index in [-0.39, 0.29) is 5.75 Å². The van der Waals surface area contributed by atoms with Gasteiger partial charge in [0.05, 0.1) is 12.4 Å². The van der Waals surface area contributed by atoms with Crippen LogP contribution in [0.5, 0.6) is 5.75 Å². The lowest BCUT2D eigenvalue weighted by Crippen LogP contribution is -2.33. The van der Waals surface area contributed by atoms with Gasteiger partial charge in [-0.1, -0.05) is 18.2 Å². The Morgan fingerprint density at radius 2 is 1.73 bits per heavy atom. The highest BCUT2D eigenvalue weighted by atomic mass is 32.2. The van der Waals surface area contributed by atoms with Crippen molar-refractivity contribution in [1.29, 1.82) is 0 Å². The molecule has 0 aliphatic rings. The molecule has 0 aliphatic carbocycles. The summed E-state index contributed by atoms with van der Waals surface area (Å²) < 4.78 is 37.8. The summed E-state index contributed by atoms with van der Waals surface area (Å²) >= 11 is 0. The van der Waals surface area contributed by atoms with Crippen LogP contribution < -0.4 is 9.30 Å². The van der Waals surface area contributed by atoms with E-state index in [1.807, 2.05) is 59.4 Å². The average Bonchev–Trinajstić information content (AvgIpc) is 2.51. The maximum absolute atomic E-state index is 10.7. The molecular formula is C16H20NO4S+. The monoisotopic (exact) mass is 322 g/mol. The third kappa shape index (κ3) is 6.24. The van der Waals surface area contributed by atoms with E-state index in [1.54, 1.807) is 0 Å². The molecule has 0 unspecified atom stereocenters. The van der Waals surface area contributed by atoms with Crippen molar-refractivity contribution in [3.05, 3.63) is 60.4 Å². The van der Waals surface area contributed by atoms with Crippen LogP contribution in [-0.2, 0) is 23.1 Å². The standard InChI is InChI=1S/C16H19NO4S/c18-22(19,20)14-9-15-7-11-17(12-8-15)10-4-13-21-16-5-2-1-3-6-16/h1-3,5-8,11-12H,4,9-10,13-14H2/p+1. The number of aryl methyl sites for hydroxylation is 2. The fourth-order valence-corrected chi connectivity index (χ4v) is 2.50. The zero-order valence-corrected chi connectivity index (χ0v) is 13.1. The number of nitrogens with zero attached hydrogens (tertiary/aromatic N) is 1. The van der Waals surface area contributed by atoms with Crippen LogP contribution in [0.1, 0.15) is 12.0 Å². The summed E-state index contributed by atoms with van der Waals surface area (Å²) in [7, 11) is -3.90. The Hall–Kier alpha value is -1.92. The van der Waals surface area contributed by atoms with Gasteiger partial charge in [0.15, 0.2) is 18.9 Å². The molecule has 0 amide bonds. The predicted molar refractivity (Wildman–Crippen MR) is 83.3 cm³/mol. The quantitative estimate of drug-likeness (QED) is 0.458. The molecule has 0 aliphatic heterocycles. The Balaban J connectivity index is 1.72. The van der Waals surface area contributed by atoms with Gasteiger partial charge in [0.25, 0.3) is 10.1 Å². The fraction of sp³-hybridized carbons (Fsp3) is 0.312. The van der Waals surface area contributed by atoms with Crippen molar-refractivity contribution in [1.82, 2.24) is 0 Å². The van der Waals surface area contributed by atoms with Gasteiger partial charge in [0.1, 0.15) is 5.75 Å². The fourth-order valence-electron chi connectivity index (χ4n) is 2.00. The normalized spacial score (nSPS) is 11.3. The van der Waals surface area contributed by atoms with Crippen molar-refractivity contribution in [3.8, 4) is 5.75 Å². The SMILES string of the molecule is O=S(=O)(O)CCc1cc[n+](CCCOc2ccccc2)cc1. The highest BCUT2D eigenvalue weighted by Crippen LogP contribution is 2.08. The van der Waals surface area contributed by atoms with Crippen LogP contribution in [0, 0.1) is 0 Å². The summed E-state index contributed by atoms with van der Waals surface area (Å²) in [5, 5.41) is 0. The summed E-state index contributed by atoms with van der Waals surface area (Å²) in [5.74, 6) is 0.620. The first-order valence-electron chi connectivity index (χ1n) is 7.14. The zero-order valence-electron chi connectivity index (χ0n) is 12.3. The second kappa shape index (κ2) is 7.91. The molecule has 0 fully saturated rings. The lowest BCUT2D eigenvalue weighted by atomic mass is 10.2. The minimum absolute atomic E-state index is 0.248. The number of rotatable bonds is 8. The van der Waals surface area contributed by atoms with Crippen LogP contribution in [0.3, 0.4) is 0 Å². The maximum atomic E-state index is 10.7. The largest absolute Gasteiger partial charge is 0.493 e. The minimum atomic E-state index is -3.90. The van der Waals surface area contributed by atoms with Gasteiger partial charge in [0.2, 0.25) is 0 Å². The van der Waals surface area contributed by atoms with E-state index >= 15 is 0 Å². The van der Waals surface area contributed by atoms with Crippen molar-refractivity contribution in [3.63, 3.8) is 0 Å². The van der Waals surface area contributed by atoms with Crippen molar-refractivity contribution in [2.45, 2.75) is 19.4 Å². The van der Waals surface area contributed by atoms with Gasteiger partial charge >= 0.3 is 0 Å². The molecule has 2 rings (SSSR count). The highest BCUT2D eigenvalue weighted by Gasteiger charge is 2.07. The molecule has 1 aromatic heterocycles. The van der Waals surface area contributed by atoms with Crippen molar-refractivity contribution < 1.29 is 22.3 Å². The van der Waals surface area contributed by atoms with Gasteiger partial charge in [-0.2, -0.15) is 8.42 Å². The van der Waals surface area contributed by atoms with Crippen molar-refractivity contribution in [2.24, 2.45) is 0 Å². The van der Waals surface area contributed by atoms with Crippen LogP contribution in [0.25, 0.3) is 0 Å². The summed E-state index contributed by atoms with van der Waals surface area (Å²) in [6, 6.07) is 13.4. The first-order chi connectivity index (χ1) is 10.5. The van der Waals surface area contributed by atoms with Crippen molar-refractivity contribution >= 4 is 10.1 Å². The second-order valence-corrected chi connectivity index (χ2v) is 6.57. The summed E-state index contributed by atoms with van der Waals surface area (Å²) in [6.07, 6.45) is 5.00. The van der Waals surface area contributed by atoms with Gasteiger partial charge in [0, 0.05) is 18.6 Å². The molecule has 2 aromatic rings. The van der Waals surface area contributed by atoms with Crippen LogP contribution in [0.2, 0.25) is 0 Å². The van der Waals surface area contributed by atoms with Crippen LogP contribution in [0.15, 0.2) is 54.9 Å². The number of aromatic nitrogens is 1. The topological polar surface area (TPSA) is 67.5 Å². The number of para-hydroxylation sites is 1. The first kappa shape index (κ1) is 16.5. The molecule has 6 heteroatoms. The molecule has 0 saturated heterocycles. The van der Waals surface area contributed by atoms with Crippen LogP contribution in [0.4, 0.5) is 0 Å². The Morgan fingerprint density at radius 3 is 2.36 bits per heavy atom. The summed E-state index contributed by atoms with van der Waals surface area (Å²) in [6.45, 7) is 1.47. The zero-order chi connectivity index (χ0) is 15.8. The lowest BCUT2D eigenvalue weighted by Gasteiger charge is -2.04. The molecule has 0 bridgehead atoms. The molecule has 118 valence electrons. The van der Waals surface area contributed by atoms with E-state index in [1.165, 1.54) is 0 Å². The smallest absolute Gasteiger partial charge is 0.265 e. The lowest BCUT2D eigenvalue weighted by molar-refractivity contribution is -0.697. The summed E-state index contributed by atoms with van der Waals surface area (Å²) in [4.78, 5) is 0.